The molecule has 1 atom stereocenters. The van der Waals surface area contributed by atoms with E-state index in [1.807, 2.05) is 23.9 Å². The number of nitrogens with zero attached hydrogens (tertiary/aromatic N) is 2. The van der Waals surface area contributed by atoms with Gasteiger partial charge in [0.15, 0.2) is 0 Å². The Bertz CT molecular complexity index is 458. The van der Waals surface area contributed by atoms with Crippen LogP contribution in [0.15, 0.2) is 16.7 Å². The minimum atomic E-state index is 0.179. The molecule has 4 nitrogen and oxygen atoms in total. The topological polar surface area (TPSA) is 37.3 Å². The van der Waals surface area contributed by atoms with Gasteiger partial charge in [-0.05, 0) is 68.2 Å². The highest BCUT2D eigenvalue weighted by atomic mass is 79.9. The van der Waals surface area contributed by atoms with E-state index in [9.17, 15) is 4.79 Å². The van der Waals surface area contributed by atoms with Crippen molar-refractivity contribution in [2.75, 3.05) is 20.1 Å². The highest BCUT2D eigenvalue weighted by molar-refractivity contribution is 9.10. The Hall–Kier alpha value is -0.810. The van der Waals surface area contributed by atoms with E-state index >= 15 is 0 Å². The van der Waals surface area contributed by atoms with Gasteiger partial charge in [-0.1, -0.05) is 0 Å². The lowest BCUT2D eigenvalue weighted by atomic mass is 9.99. The molecule has 1 amide bonds. The van der Waals surface area contributed by atoms with Crippen molar-refractivity contribution >= 4 is 21.8 Å². The third-order valence-corrected chi connectivity index (χ3v) is 4.47. The number of carbonyl (C=O) groups is 1. The average molecular weight is 342 g/mol. The summed E-state index contributed by atoms with van der Waals surface area (Å²) in [6, 6.07) is 2.32. The van der Waals surface area contributed by atoms with Gasteiger partial charge in [0.1, 0.15) is 5.69 Å². The Morgan fingerprint density at radius 2 is 2.30 bits per heavy atom. The fourth-order valence-corrected chi connectivity index (χ4v) is 3.41. The second-order valence-electron chi connectivity index (χ2n) is 5.37. The minimum absolute atomic E-state index is 0.179. The predicted octanol–water partition coefficient (Wildman–Crippen LogP) is 2.87. The number of aryl methyl sites for hydroxylation is 1. The number of hydrogen-bond donors (Lipinski definition) is 1. The standard InChI is InChI=1S/C15H24BrN3O/c1-3-18-11-12(16)10-14(18)15(20)19-9-5-4-6-13(19)7-8-17-2/h10-11,13,17H,3-9H2,1-2H3. The largest absolute Gasteiger partial charge is 0.343 e. The van der Waals surface area contributed by atoms with E-state index in [-0.39, 0.29) is 5.91 Å². The molecule has 0 aromatic carbocycles. The Labute approximate surface area is 129 Å². The van der Waals surface area contributed by atoms with Crippen LogP contribution in [0.3, 0.4) is 0 Å². The molecule has 1 unspecified atom stereocenters. The molecular formula is C15H24BrN3O. The SMILES string of the molecule is CCn1cc(Br)cc1C(=O)N1CCCCC1CCNC. The molecule has 2 heterocycles. The molecule has 5 heteroatoms. The summed E-state index contributed by atoms with van der Waals surface area (Å²) in [5, 5.41) is 3.19. The lowest BCUT2D eigenvalue weighted by Gasteiger charge is -2.36. The molecule has 1 aliphatic heterocycles. The van der Waals surface area contributed by atoms with E-state index in [4.69, 9.17) is 0 Å². The van der Waals surface area contributed by atoms with Crippen LogP contribution in [0.4, 0.5) is 0 Å². The number of nitrogens with one attached hydrogen (secondary N) is 1. The van der Waals surface area contributed by atoms with Crippen molar-refractivity contribution in [3.05, 3.63) is 22.4 Å². The van der Waals surface area contributed by atoms with Crippen molar-refractivity contribution in [2.24, 2.45) is 0 Å². The van der Waals surface area contributed by atoms with E-state index in [1.54, 1.807) is 0 Å². The maximum absolute atomic E-state index is 12.8. The second-order valence-corrected chi connectivity index (χ2v) is 6.29. The van der Waals surface area contributed by atoms with Crippen molar-refractivity contribution in [3.63, 3.8) is 0 Å². The molecule has 1 aliphatic rings. The first-order valence-electron chi connectivity index (χ1n) is 7.48. The smallest absolute Gasteiger partial charge is 0.270 e. The number of rotatable bonds is 5. The van der Waals surface area contributed by atoms with Gasteiger partial charge in [-0.2, -0.15) is 0 Å². The minimum Gasteiger partial charge on any atom is -0.343 e. The monoisotopic (exact) mass is 341 g/mol. The van der Waals surface area contributed by atoms with Gasteiger partial charge in [-0.3, -0.25) is 4.79 Å². The Kier molecular flexibility index (Phi) is 5.66. The van der Waals surface area contributed by atoms with Crippen LogP contribution < -0.4 is 5.32 Å². The molecule has 0 spiro atoms. The second kappa shape index (κ2) is 7.27. The molecule has 0 saturated carbocycles. The number of aromatic nitrogens is 1. The van der Waals surface area contributed by atoms with Gasteiger partial charge >= 0.3 is 0 Å². The highest BCUT2D eigenvalue weighted by Gasteiger charge is 2.28. The zero-order chi connectivity index (χ0) is 14.5. The summed E-state index contributed by atoms with van der Waals surface area (Å²) in [6.07, 6.45) is 6.50. The number of piperidine rings is 1. The number of amides is 1. The van der Waals surface area contributed by atoms with Crippen LogP contribution in [-0.4, -0.2) is 41.6 Å². The maximum atomic E-state index is 12.8. The van der Waals surface area contributed by atoms with Gasteiger partial charge in [-0.15, -0.1) is 0 Å². The van der Waals surface area contributed by atoms with E-state index < -0.39 is 0 Å². The van der Waals surface area contributed by atoms with E-state index in [0.717, 1.165) is 49.1 Å². The fourth-order valence-electron chi connectivity index (χ4n) is 2.94. The molecule has 1 saturated heterocycles. The van der Waals surface area contributed by atoms with Crippen LogP contribution in [-0.2, 0) is 6.54 Å². The number of carbonyl (C=O) groups excluding carboxylic acids is 1. The molecule has 0 radical (unpaired) electrons. The number of halogens is 1. The van der Waals surface area contributed by atoms with Crippen molar-refractivity contribution in [1.82, 2.24) is 14.8 Å². The third-order valence-electron chi connectivity index (χ3n) is 4.04. The number of likely N-dealkylation sites (tertiary alicyclic amines) is 1. The molecule has 0 aliphatic carbocycles. The zero-order valence-electron chi connectivity index (χ0n) is 12.4. The molecule has 20 heavy (non-hydrogen) atoms. The summed E-state index contributed by atoms with van der Waals surface area (Å²) in [7, 11) is 1.97. The number of hydrogen-bond acceptors (Lipinski definition) is 2. The maximum Gasteiger partial charge on any atom is 0.270 e. The van der Waals surface area contributed by atoms with Crippen molar-refractivity contribution < 1.29 is 4.79 Å². The summed E-state index contributed by atoms with van der Waals surface area (Å²) in [4.78, 5) is 14.9. The highest BCUT2D eigenvalue weighted by Crippen LogP contribution is 2.24. The molecule has 1 fully saturated rings. The van der Waals surface area contributed by atoms with Crippen LogP contribution in [0.2, 0.25) is 0 Å². The molecule has 112 valence electrons. The van der Waals surface area contributed by atoms with Crippen LogP contribution in [0, 0.1) is 0 Å². The fraction of sp³-hybridized carbons (Fsp3) is 0.667. The quantitative estimate of drug-likeness (QED) is 0.893. The van der Waals surface area contributed by atoms with Gasteiger partial charge in [0.2, 0.25) is 0 Å². The third kappa shape index (κ3) is 3.44. The summed E-state index contributed by atoms with van der Waals surface area (Å²) < 4.78 is 3.00. The molecule has 1 N–H and O–H groups in total. The van der Waals surface area contributed by atoms with Crippen LogP contribution in [0.5, 0.6) is 0 Å². The summed E-state index contributed by atoms with van der Waals surface area (Å²) in [5.41, 5.74) is 0.802. The normalized spacial score (nSPS) is 19.4. The summed E-state index contributed by atoms with van der Waals surface area (Å²) in [5.74, 6) is 0.179. The lowest BCUT2D eigenvalue weighted by molar-refractivity contribution is 0.0591. The Morgan fingerprint density at radius 3 is 3.00 bits per heavy atom. The van der Waals surface area contributed by atoms with Gasteiger partial charge in [0, 0.05) is 29.8 Å². The van der Waals surface area contributed by atoms with Crippen molar-refractivity contribution in [1.29, 1.82) is 0 Å². The van der Waals surface area contributed by atoms with Gasteiger partial charge < -0.3 is 14.8 Å². The summed E-state index contributed by atoms with van der Waals surface area (Å²) >= 11 is 3.47. The summed E-state index contributed by atoms with van der Waals surface area (Å²) in [6.45, 7) is 4.74. The lowest BCUT2D eigenvalue weighted by Crippen LogP contribution is -2.45. The van der Waals surface area contributed by atoms with Gasteiger partial charge in [0.25, 0.3) is 5.91 Å². The first-order chi connectivity index (χ1) is 9.67. The van der Waals surface area contributed by atoms with E-state index in [0.29, 0.717) is 6.04 Å². The predicted molar refractivity (Wildman–Crippen MR) is 85.0 cm³/mol. The van der Waals surface area contributed by atoms with Gasteiger partial charge in [-0.25, -0.2) is 0 Å². The molecule has 1 aromatic rings. The van der Waals surface area contributed by atoms with Gasteiger partial charge in [0.05, 0.1) is 0 Å². The molecule has 1 aromatic heterocycles. The average Bonchev–Trinajstić information content (AvgIpc) is 2.85. The van der Waals surface area contributed by atoms with E-state index in [2.05, 4.69) is 33.1 Å². The van der Waals surface area contributed by atoms with Crippen molar-refractivity contribution in [2.45, 2.75) is 45.2 Å². The molecule has 2 rings (SSSR count). The first-order valence-corrected chi connectivity index (χ1v) is 8.28. The molecule has 0 bridgehead atoms. The van der Waals surface area contributed by atoms with Crippen LogP contribution in [0.25, 0.3) is 0 Å². The Balaban J connectivity index is 2.16. The van der Waals surface area contributed by atoms with E-state index in [1.165, 1.54) is 6.42 Å². The Morgan fingerprint density at radius 1 is 1.50 bits per heavy atom. The molecular weight excluding hydrogens is 318 g/mol. The van der Waals surface area contributed by atoms with Crippen LogP contribution in [0.1, 0.15) is 43.1 Å². The first kappa shape index (κ1) is 15.6. The zero-order valence-corrected chi connectivity index (χ0v) is 13.9. The van der Waals surface area contributed by atoms with Crippen molar-refractivity contribution in [3.8, 4) is 0 Å². The van der Waals surface area contributed by atoms with Crippen LogP contribution >= 0.6 is 15.9 Å².